The van der Waals surface area contributed by atoms with Crippen molar-refractivity contribution in [1.29, 1.82) is 0 Å². The Balaban J connectivity index is 0. The maximum atomic E-state index is 4.50. The molecule has 1 radical (unpaired) electrons. The van der Waals surface area contributed by atoms with Gasteiger partial charge in [-0.2, -0.15) is 0 Å². The first-order valence-corrected chi connectivity index (χ1v) is 7.05. The number of benzene rings is 2. The molecule has 0 atom stereocenters. The smallest absolute Gasteiger partial charge is 0.0820 e. The second kappa shape index (κ2) is 14.5. The fraction of sp³-hybridized carbons (Fsp3) is 0. The maximum Gasteiger partial charge on any atom is 0.0820 e. The molecule has 0 N–H and O–H groups in total. The van der Waals surface area contributed by atoms with Gasteiger partial charge in [0.25, 0.3) is 0 Å². The van der Waals surface area contributed by atoms with E-state index in [1.54, 1.807) is 12.4 Å². The Morgan fingerprint density at radius 1 is 0.538 bits per heavy atom. The molecule has 0 unspecified atom stereocenters. The standard InChI is InChI=1S/C19H15N3.3ClH.V/c1-3-8-16(9-4-1)20-14-18-12-7-13-19(22-18)15-21-17-10-5-2-6-11-17;;;;/h1-15H;3*1H;/p-3. The number of hydrogen-bond acceptors (Lipinski definition) is 3. The van der Waals surface area contributed by atoms with E-state index in [0.717, 1.165) is 22.8 Å². The molecule has 0 bridgehead atoms. The largest absolute Gasteiger partial charge is 1.00 e. The average molecular weight is 443 g/mol. The molecular formula is C19H15Cl3N3V-3. The number of aliphatic imine (C=N–C) groups is 2. The van der Waals surface area contributed by atoms with E-state index in [1.165, 1.54) is 0 Å². The van der Waals surface area contributed by atoms with Crippen molar-refractivity contribution in [2.24, 2.45) is 9.98 Å². The molecule has 3 aromatic rings. The summed E-state index contributed by atoms with van der Waals surface area (Å²) >= 11 is 0. The zero-order valence-electron chi connectivity index (χ0n) is 13.6. The Hall–Kier alpha value is -1.62. The van der Waals surface area contributed by atoms with Gasteiger partial charge in [0.05, 0.1) is 35.2 Å². The molecule has 0 saturated carbocycles. The minimum atomic E-state index is 0. The number of aromatic nitrogens is 1. The molecule has 0 aliphatic heterocycles. The van der Waals surface area contributed by atoms with Crippen LogP contribution in [0.1, 0.15) is 11.4 Å². The maximum absolute atomic E-state index is 4.50. The van der Waals surface area contributed by atoms with Crippen molar-refractivity contribution in [2.45, 2.75) is 0 Å². The van der Waals surface area contributed by atoms with Crippen LogP contribution in [0.15, 0.2) is 88.8 Å². The fourth-order valence-electron chi connectivity index (χ4n) is 1.92. The number of pyridine rings is 1. The van der Waals surface area contributed by atoms with Crippen LogP contribution in [0.4, 0.5) is 11.4 Å². The van der Waals surface area contributed by atoms with E-state index in [0.29, 0.717) is 0 Å². The number of para-hydroxylation sites is 2. The molecule has 0 aliphatic rings. The summed E-state index contributed by atoms with van der Waals surface area (Å²) in [5, 5.41) is 0. The predicted octanol–water partition coefficient (Wildman–Crippen LogP) is -4.41. The normalized spacial score (nSPS) is 9.54. The summed E-state index contributed by atoms with van der Waals surface area (Å²) in [6.45, 7) is 0. The summed E-state index contributed by atoms with van der Waals surface area (Å²) in [5.74, 6) is 0. The SMILES string of the molecule is C(=Nc1ccccc1)c1cccc(C=Nc2ccccc2)n1.[Cl-].[Cl-].[Cl-].[V]. The van der Waals surface area contributed by atoms with E-state index in [9.17, 15) is 0 Å². The monoisotopic (exact) mass is 441 g/mol. The fourth-order valence-corrected chi connectivity index (χ4v) is 1.92. The van der Waals surface area contributed by atoms with Gasteiger partial charge in [0.15, 0.2) is 0 Å². The van der Waals surface area contributed by atoms with Crippen molar-refractivity contribution in [1.82, 2.24) is 4.98 Å². The van der Waals surface area contributed by atoms with Crippen LogP contribution in [0, 0.1) is 0 Å². The minimum absolute atomic E-state index is 0. The first kappa shape index (κ1) is 26.6. The molecule has 1 aromatic heterocycles. The molecule has 2 aromatic carbocycles. The molecule has 0 saturated heterocycles. The van der Waals surface area contributed by atoms with Gasteiger partial charge in [0.1, 0.15) is 0 Å². The van der Waals surface area contributed by atoms with Gasteiger partial charge in [-0.05, 0) is 36.4 Å². The van der Waals surface area contributed by atoms with Gasteiger partial charge in [-0.1, -0.05) is 42.5 Å². The Morgan fingerprint density at radius 2 is 0.923 bits per heavy atom. The van der Waals surface area contributed by atoms with E-state index in [-0.39, 0.29) is 55.8 Å². The third-order valence-corrected chi connectivity index (χ3v) is 3.00. The summed E-state index contributed by atoms with van der Waals surface area (Å²) in [4.78, 5) is 13.3. The van der Waals surface area contributed by atoms with E-state index in [1.807, 2.05) is 78.9 Å². The van der Waals surface area contributed by atoms with Crippen molar-refractivity contribution >= 4 is 23.8 Å². The molecule has 3 rings (SSSR count). The molecule has 26 heavy (non-hydrogen) atoms. The zero-order chi connectivity index (χ0) is 15.0. The van der Waals surface area contributed by atoms with Crippen LogP contribution < -0.4 is 37.2 Å². The Kier molecular flexibility index (Phi) is 14.9. The number of rotatable bonds is 4. The molecular weight excluding hydrogens is 428 g/mol. The molecule has 3 nitrogen and oxygen atoms in total. The molecule has 7 heteroatoms. The summed E-state index contributed by atoms with van der Waals surface area (Å²) in [7, 11) is 0. The third kappa shape index (κ3) is 8.66. The minimum Gasteiger partial charge on any atom is -1.00 e. The van der Waals surface area contributed by atoms with Crippen molar-refractivity contribution in [3.8, 4) is 0 Å². The summed E-state index contributed by atoms with van der Waals surface area (Å²) in [6, 6.07) is 25.4. The van der Waals surface area contributed by atoms with Gasteiger partial charge in [0, 0.05) is 18.6 Å². The van der Waals surface area contributed by atoms with Crippen molar-refractivity contribution in [3.05, 3.63) is 90.3 Å². The van der Waals surface area contributed by atoms with Gasteiger partial charge in [-0.15, -0.1) is 0 Å². The third-order valence-electron chi connectivity index (χ3n) is 3.00. The van der Waals surface area contributed by atoms with Gasteiger partial charge in [0.2, 0.25) is 0 Å². The molecule has 1 heterocycles. The second-order valence-electron chi connectivity index (χ2n) is 4.67. The predicted molar refractivity (Wildman–Crippen MR) is 91.6 cm³/mol. The average Bonchev–Trinajstić information content (AvgIpc) is 2.60. The van der Waals surface area contributed by atoms with Crippen LogP contribution in [-0.4, -0.2) is 17.4 Å². The molecule has 0 aliphatic carbocycles. The molecule has 0 amide bonds. The Bertz CT molecular complexity index is 733. The van der Waals surface area contributed by atoms with Crippen LogP contribution >= 0.6 is 0 Å². The Labute approximate surface area is 184 Å². The van der Waals surface area contributed by atoms with E-state index in [4.69, 9.17) is 0 Å². The van der Waals surface area contributed by atoms with Crippen LogP contribution in [0.25, 0.3) is 0 Å². The zero-order valence-corrected chi connectivity index (χ0v) is 17.2. The molecule has 0 spiro atoms. The van der Waals surface area contributed by atoms with E-state index >= 15 is 0 Å². The van der Waals surface area contributed by atoms with Crippen molar-refractivity contribution in [2.75, 3.05) is 0 Å². The summed E-state index contributed by atoms with van der Waals surface area (Å²) < 4.78 is 0. The van der Waals surface area contributed by atoms with Crippen LogP contribution in [-0.2, 0) is 18.6 Å². The first-order valence-electron chi connectivity index (χ1n) is 7.05. The van der Waals surface area contributed by atoms with Crippen molar-refractivity contribution in [3.63, 3.8) is 0 Å². The van der Waals surface area contributed by atoms with Gasteiger partial charge >= 0.3 is 0 Å². The van der Waals surface area contributed by atoms with Gasteiger partial charge < -0.3 is 37.2 Å². The second-order valence-corrected chi connectivity index (χ2v) is 4.67. The van der Waals surface area contributed by atoms with Gasteiger partial charge in [-0.3, -0.25) is 9.98 Å². The molecule has 0 fully saturated rings. The summed E-state index contributed by atoms with van der Waals surface area (Å²) in [6.07, 6.45) is 3.52. The Morgan fingerprint density at radius 3 is 1.31 bits per heavy atom. The summed E-state index contributed by atoms with van der Waals surface area (Å²) in [5.41, 5.74) is 3.43. The topological polar surface area (TPSA) is 37.6 Å². The van der Waals surface area contributed by atoms with Crippen molar-refractivity contribution < 1.29 is 55.8 Å². The number of hydrogen-bond donors (Lipinski definition) is 0. The van der Waals surface area contributed by atoms with Crippen LogP contribution in [0.2, 0.25) is 0 Å². The van der Waals surface area contributed by atoms with E-state index < -0.39 is 0 Å². The van der Waals surface area contributed by atoms with Crippen LogP contribution in [0.3, 0.4) is 0 Å². The van der Waals surface area contributed by atoms with Gasteiger partial charge in [-0.25, -0.2) is 4.98 Å². The number of nitrogens with zero attached hydrogens (tertiary/aromatic N) is 3. The van der Waals surface area contributed by atoms with Crippen LogP contribution in [0.5, 0.6) is 0 Å². The number of halogens is 3. The quantitative estimate of drug-likeness (QED) is 0.376. The first-order chi connectivity index (χ1) is 10.9. The molecule has 135 valence electrons. The van der Waals surface area contributed by atoms with E-state index in [2.05, 4.69) is 15.0 Å².